The average molecular weight is 437 g/mol. The predicted molar refractivity (Wildman–Crippen MR) is 126 cm³/mol. The van der Waals surface area contributed by atoms with Gasteiger partial charge in [0, 0.05) is 38.4 Å². The van der Waals surface area contributed by atoms with E-state index in [1.165, 1.54) is 0 Å². The van der Waals surface area contributed by atoms with Gasteiger partial charge >= 0.3 is 0 Å². The highest BCUT2D eigenvalue weighted by Crippen LogP contribution is 2.39. The van der Waals surface area contributed by atoms with Crippen LogP contribution in [-0.4, -0.2) is 39.0 Å². The van der Waals surface area contributed by atoms with Crippen molar-refractivity contribution < 1.29 is 9.59 Å². The zero-order chi connectivity index (χ0) is 22.3. The molecule has 0 spiro atoms. The standard InChI is InChI=1S/C24H25ClN4O2/c1-5-29(6-2)16-10-7-14(8-11-16)21-19-20(24(31)26-21)22(27-23(19)30)15-9-12-18(28(3)4)17(25)13-15/h7-13H,5-6H2,1-4H3,(H,26,31)(H,27,30). The van der Waals surface area contributed by atoms with Crippen molar-refractivity contribution in [1.82, 2.24) is 10.6 Å². The van der Waals surface area contributed by atoms with Gasteiger partial charge in [-0.3, -0.25) is 9.59 Å². The second-order valence-corrected chi connectivity index (χ2v) is 8.10. The summed E-state index contributed by atoms with van der Waals surface area (Å²) in [7, 11) is 3.81. The molecule has 2 N–H and O–H groups in total. The van der Waals surface area contributed by atoms with Gasteiger partial charge < -0.3 is 20.4 Å². The minimum atomic E-state index is -0.293. The number of carbonyl (C=O) groups is 2. The van der Waals surface area contributed by atoms with Crippen molar-refractivity contribution in [2.24, 2.45) is 0 Å². The highest BCUT2D eigenvalue weighted by Gasteiger charge is 2.40. The quantitative estimate of drug-likeness (QED) is 0.725. The molecule has 0 aromatic heterocycles. The van der Waals surface area contributed by atoms with Crippen LogP contribution < -0.4 is 20.4 Å². The van der Waals surface area contributed by atoms with Crippen molar-refractivity contribution in [3.63, 3.8) is 0 Å². The summed E-state index contributed by atoms with van der Waals surface area (Å²) in [5.41, 5.74) is 5.22. The lowest BCUT2D eigenvalue weighted by Gasteiger charge is -2.21. The Hall–Kier alpha value is -3.25. The number of hydrogen-bond donors (Lipinski definition) is 2. The normalized spacial score (nSPS) is 15.3. The van der Waals surface area contributed by atoms with E-state index in [0.717, 1.165) is 30.0 Å². The van der Waals surface area contributed by atoms with Crippen LogP contribution in [0, 0.1) is 0 Å². The van der Waals surface area contributed by atoms with E-state index in [1.54, 1.807) is 6.07 Å². The minimum Gasteiger partial charge on any atom is -0.376 e. The first-order valence-corrected chi connectivity index (χ1v) is 10.7. The van der Waals surface area contributed by atoms with Gasteiger partial charge in [-0.05, 0) is 43.7 Å². The van der Waals surface area contributed by atoms with Crippen molar-refractivity contribution in [3.05, 3.63) is 69.8 Å². The molecule has 7 heteroatoms. The third-order valence-electron chi connectivity index (χ3n) is 5.68. The van der Waals surface area contributed by atoms with Crippen molar-refractivity contribution in [3.8, 4) is 0 Å². The lowest BCUT2D eigenvalue weighted by molar-refractivity contribution is -0.117. The topological polar surface area (TPSA) is 64.7 Å². The zero-order valence-corrected chi connectivity index (χ0v) is 18.8. The Balaban J connectivity index is 1.76. The molecule has 4 rings (SSSR count). The SMILES string of the molecule is CCN(CC)c1ccc(C2=C3C(=O)NC(c4ccc(N(C)C)c(Cl)c4)=C3C(=O)N2)cc1. The van der Waals surface area contributed by atoms with E-state index >= 15 is 0 Å². The summed E-state index contributed by atoms with van der Waals surface area (Å²) in [5.74, 6) is -0.585. The van der Waals surface area contributed by atoms with Gasteiger partial charge in [-0.15, -0.1) is 0 Å². The Labute approximate surface area is 187 Å². The second kappa shape index (κ2) is 8.12. The number of fused-ring (bicyclic) bond motifs is 1. The number of nitrogens with zero attached hydrogens (tertiary/aromatic N) is 2. The van der Waals surface area contributed by atoms with Gasteiger partial charge in [0.25, 0.3) is 11.8 Å². The first kappa shape index (κ1) is 21.0. The molecule has 2 amide bonds. The maximum Gasteiger partial charge on any atom is 0.258 e. The Morgan fingerprint density at radius 3 is 1.81 bits per heavy atom. The Bertz CT molecular complexity index is 1130. The molecule has 2 aliphatic heterocycles. The smallest absolute Gasteiger partial charge is 0.258 e. The molecule has 2 aromatic rings. The largest absolute Gasteiger partial charge is 0.376 e. The summed E-state index contributed by atoms with van der Waals surface area (Å²) in [6, 6.07) is 13.4. The predicted octanol–water partition coefficient (Wildman–Crippen LogP) is 3.63. The van der Waals surface area contributed by atoms with E-state index in [0.29, 0.717) is 33.1 Å². The van der Waals surface area contributed by atoms with Gasteiger partial charge in [0.05, 0.1) is 33.3 Å². The first-order valence-electron chi connectivity index (χ1n) is 10.3. The molecule has 6 nitrogen and oxygen atoms in total. The summed E-state index contributed by atoms with van der Waals surface area (Å²) >= 11 is 6.41. The highest BCUT2D eigenvalue weighted by atomic mass is 35.5. The summed E-state index contributed by atoms with van der Waals surface area (Å²) < 4.78 is 0. The Morgan fingerprint density at radius 1 is 0.806 bits per heavy atom. The van der Waals surface area contributed by atoms with Crippen molar-refractivity contribution in [2.45, 2.75) is 13.8 Å². The number of amides is 2. The fraction of sp³-hybridized carbons (Fsp3) is 0.250. The maximum absolute atomic E-state index is 12.8. The van der Waals surface area contributed by atoms with Gasteiger partial charge in [-0.1, -0.05) is 29.8 Å². The Morgan fingerprint density at radius 2 is 1.32 bits per heavy atom. The molecule has 0 unspecified atom stereocenters. The van der Waals surface area contributed by atoms with Crippen LogP contribution in [0.1, 0.15) is 25.0 Å². The number of halogens is 1. The molecule has 2 aromatic carbocycles. The van der Waals surface area contributed by atoms with Gasteiger partial charge in [0.15, 0.2) is 0 Å². The molecule has 2 aliphatic rings. The van der Waals surface area contributed by atoms with Gasteiger partial charge in [0.2, 0.25) is 0 Å². The van der Waals surface area contributed by atoms with Gasteiger partial charge in [0.1, 0.15) is 0 Å². The molecular formula is C24H25ClN4O2. The minimum absolute atomic E-state index is 0.293. The first-order chi connectivity index (χ1) is 14.8. The third-order valence-corrected chi connectivity index (χ3v) is 5.99. The van der Waals surface area contributed by atoms with Crippen molar-refractivity contribution in [2.75, 3.05) is 37.0 Å². The van der Waals surface area contributed by atoms with E-state index in [-0.39, 0.29) is 11.8 Å². The molecule has 2 heterocycles. The summed E-state index contributed by atoms with van der Waals surface area (Å²) in [6.07, 6.45) is 0. The van der Waals surface area contributed by atoms with Crippen LogP contribution >= 0.6 is 11.6 Å². The fourth-order valence-corrected chi connectivity index (χ4v) is 4.42. The third kappa shape index (κ3) is 3.57. The molecule has 31 heavy (non-hydrogen) atoms. The number of rotatable bonds is 6. The van der Waals surface area contributed by atoms with Crippen LogP contribution in [-0.2, 0) is 9.59 Å². The van der Waals surface area contributed by atoms with Crippen LogP contribution in [0.4, 0.5) is 11.4 Å². The monoisotopic (exact) mass is 436 g/mol. The molecule has 0 bridgehead atoms. The fourth-order valence-electron chi connectivity index (χ4n) is 4.07. The van der Waals surface area contributed by atoms with Crippen LogP contribution in [0.2, 0.25) is 5.02 Å². The zero-order valence-electron chi connectivity index (χ0n) is 18.0. The van der Waals surface area contributed by atoms with E-state index in [1.807, 2.05) is 55.4 Å². The number of anilines is 2. The molecule has 0 aliphatic carbocycles. The Kier molecular flexibility index (Phi) is 5.50. The summed E-state index contributed by atoms with van der Waals surface area (Å²) in [6.45, 7) is 6.04. The van der Waals surface area contributed by atoms with E-state index < -0.39 is 0 Å². The summed E-state index contributed by atoms with van der Waals surface area (Å²) in [5, 5.41) is 6.31. The molecule has 0 fully saturated rings. The number of benzene rings is 2. The van der Waals surface area contributed by atoms with Crippen molar-refractivity contribution >= 4 is 46.2 Å². The van der Waals surface area contributed by atoms with Crippen LogP contribution in [0.15, 0.2) is 53.6 Å². The van der Waals surface area contributed by atoms with Crippen LogP contribution in [0.3, 0.4) is 0 Å². The summed E-state index contributed by atoms with van der Waals surface area (Å²) in [4.78, 5) is 29.8. The molecule has 0 atom stereocenters. The molecule has 0 radical (unpaired) electrons. The van der Waals surface area contributed by atoms with Gasteiger partial charge in [-0.2, -0.15) is 0 Å². The number of hydrogen-bond acceptors (Lipinski definition) is 4. The lowest BCUT2D eigenvalue weighted by Crippen LogP contribution is -2.22. The molecule has 0 saturated carbocycles. The van der Waals surface area contributed by atoms with Gasteiger partial charge in [-0.25, -0.2) is 0 Å². The maximum atomic E-state index is 12.8. The van der Waals surface area contributed by atoms with E-state index in [4.69, 9.17) is 11.6 Å². The highest BCUT2D eigenvalue weighted by molar-refractivity contribution is 6.34. The molecule has 160 valence electrons. The average Bonchev–Trinajstić information content (AvgIpc) is 3.27. The van der Waals surface area contributed by atoms with Crippen LogP contribution in [0.25, 0.3) is 11.4 Å². The van der Waals surface area contributed by atoms with Crippen LogP contribution in [0.5, 0.6) is 0 Å². The van der Waals surface area contributed by atoms with E-state index in [2.05, 4.69) is 29.4 Å². The second-order valence-electron chi connectivity index (χ2n) is 7.69. The van der Waals surface area contributed by atoms with Crippen molar-refractivity contribution in [1.29, 1.82) is 0 Å². The lowest BCUT2D eigenvalue weighted by atomic mass is 10.0. The molecular weight excluding hydrogens is 412 g/mol. The molecule has 0 saturated heterocycles. The number of carbonyl (C=O) groups excluding carboxylic acids is 2. The number of nitrogens with one attached hydrogen (secondary N) is 2. The van der Waals surface area contributed by atoms with E-state index in [9.17, 15) is 9.59 Å².